The first-order chi connectivity index (χ1) is 18.2. The molecule has 0 aromatic rings. The lowest BCUT2D eigenvalue weighted by molar-refractivity contribution is -0.214. The van der Waals surface area contributed by atoms with Crippen LogP contribution in [-0.4, -0.2) is 24.6 Å². The van der Waals surface area contributed by atoms with Crippen molar-refractivity contribution in [2.45, 2.75) is 133 Å². The number of hydrogen-bond acceptors (Lipinski definition) is 4. The van der Waals surface area contributed by atoms with Crippen LogP contribution in [0.4, 0.5) is 0 Å². The molecule has 0 spiro atoms. The molecule has 4 nitrogen and oxygen atoms in total. The predicted octanol–water partition coefficient (Wildman–Crippen LogP) is 8.53. The number of ether oxygens (including phenoxy) is 2. The van der Waals surface area contributed by atoms with E-state index < -0.39 is 0 Å². The highest BCUT2D eigenvalue weighted by Crippen LogP contribution is 2.76. The van der Waals surface area contributed by atoms with Gasteiger partial charge in [-0.05, 0) is 110 Å². The van der Waals surface area contributed by atoms with Crippen LogP contribution in [0.15, 0.2) is 11.6 Å². The van der Waals surface area contributed by atoms with E-state index in [1.807, 2.05) is 0 Å². The lowest BCUT2D eigenvalue weighted by Gasteiger charge is -2.71. The number of carbonyl (C=O) groups excluding carboxylic acids is 2. The zero-order valence-electron chi connectivity index (χ0n) is 26.5. The van der Waals surface area contributed by atoms with E-state index in [1.54, 1.807) is 12.5 Å². The average molecular weight is 541 g/mol. The van der Waals surface area contributed by atoms with Gasteiger partial charge in [-0.3, -0.25) is 9.59 Å². The van der Waals surface area contributed by atoms with Crippen LogP contribution < -0.4 is 0 Å². The van der Waals surface area contributed by atoms with Gasteiger partial charge in [-0.25, -0.2) is 0 Å². The average Bonchev–Trinajstić information content (AvgIpc) is 2.86. The van der Waals surface area contributed by atoms with Gasteiger partial charge in [0, 0.05) is 12.3 Å². The summed E-state index contributed by atoms with van der Waals surface area (Å²) >= 11 is 0. The highest BCUT2D eigenvalue weighted by atomic mass is 16.5. The molecule has 5 aliphatic rings. The fraction of sp³-hybridized carbons (Fsp3) is 0.886. The van der Waals surface area contributed by atoms with E-state index >= 15 is 0 Å². The second-order valence-electron chi connectivity index (χ2n) is 15.9. The molecule has 0 amide bonds. The third-order valence-corrected chi connectivity index (χ3v) is 14.1. The molecular formula is C35H56O4. The first-order valence-corrected chi connectivity index (χ1v) is 16.2. The zero-order chi connectivity index (χ0) is 28.6. The zero-order valence-corrected chi connectivity index (χ0v) is 26.5. The molecule has 0 aromatic heterocycles. The maximum absolute atomic E-state index is 13.8. The van der Waals surface area contributed by atoms with Crippen molar-refractivity contribution in [3.8, 4) is 0 Å². The van der Waals surface area contributed by atoms with Crippen LogP contribution in [0.3, 0.4) is 0 Å². The van der Waals surface area contributed by atoms with E-state index in [9.17, 15) is 9.59 Å². The third-order valence-electron chi connectivity index (χ3n) is 14.1. The van der Waals surface area contributed by atoms with Crippen molar-refractivity contribution >= 4 is 11.9 Å². The Morgan fingerprint density at radius 3 is 2.31 bits per heavy atom. The van der Waals surface area contributed by atoms with Crippen LogP contribution in [0, 0.1) is 56.7 Å². The van der Waals surface area contributed by atoms with Gasteiger partial charge in [0.1, 0.15) is 6.10 Å². The number of rotatable bonds is 4. The van der Waals surface area contributed by atoms with Crippen LogP contribution in [0.25, 0.3) is 0 Å². The van der Waals surface area contributed by atoms with Crippen LogP contribution in [0.1, 0.15) is 127 Å². The maximum Gasteiger partial charge on any atom is 0.312 e. The van der Waals surface area contributed by atoms with Crippen molar-refractivity contribution in [3.05, 3.63) is 11.6 Å². The molecule has 0 N–H and O–H groups in total. The van der Waals surface area contributed by atoms with Crippen molar-refractivity contribution in [1.29, 1.82) is 0 Å². The molecule has 10 atom stereocenters. The lowest BCUT2D eigenvalue weighted by Crippen LogP contribution is -2.65. The summed E-state index contributed by atoms with van der Waals surface area (Å²) in [6, 6.07) is 0. The quantitative estimate of drug-likeness (QED) is 0.265. The minimum absolute atomic E-state index is 0.0108. The standard InChI is InChI=1S/C35H56O4/c1-10-21-38-30(37)35-18-13-22(2)23(3)29(35)25-11-12-27-32(7)16-15-28(39-24(4)36)31(5,6)26(32)14-17-34(27,9)33(25,8)19-20-35/h11,22-23,26-29H,10,12-21H2,1-9H3/t22-,23+,26+,27-,28+,29+,32+,33-,34-,35+/m1/s1. The number of hydrogen-bond donors (Lipinski definition) is 0. The Kier molecular flexibility index (Phi) is 7.20. The van der Waals surface area contributed by atoms with Crippen LogP contribution in [0.5, 0.6) is 0 Å². The summed E-state index contributed by atoms with van der Waals surface area (Å²) in [6.45, 7) is 21.5. The maximum atomic E-state index is 13.8. The summed E-state index contributed by atoms with van der Waals surface area (Å²) < 4.78 is 11.9. The molecule has 0 heterocycles. The monoisotopic (exact) mass is 540 g/mol. The Labute approximate surface area is 238 Å². The largest absolute Gasteiger partial charge is 0.465 e. The molecule has 0 aromatic carbocycles. The highest BCUT2D eigenvalue weighted by molar-refractivity contribution is 5.79. The van der Waals surface area contributed by atoms with Crippen molar-refractivity contribution in [3.63, 3.8) is 0 Å². The molecule has 5 rings (SSSR count). The summed E-state index contributed by atoms with van der Waals surface area (Å²) in [4.78, 5) is 25.8. The molecular weight excluding hydrogens is 484 g/mol. The Morgan fingerprint density at radius 2 is 1.64 bits per heavy atom. The molecule has 220 valence electrons. The topological polar surface area (TPSA) is 52.6 Å². The van der Waals surface area contributed by atoms with Crippen molar-refractivity contribution in [1.82, 2.24) is 0 Å². The number of allylic oxidation sites excluding steroid dienone is 2. The summed E-state index contributed by atoms with van der Waals surface area (Å²) in [6.07, 6.45) is 13.3. The predicted molar refractivity (Wildman–Crippen MR) is 156 cm³/mol. The molecule has 0 radical (unpaired) electrons. The van der Waals surface area contributed by atoms with E-state index in [-0.39, 0.29) is 45.1 Å². The second-order valence-corrected chi connectivity index (χ2v) is 15.9. The first kappa shape index (κ1) is 29.2. The minimum Gasteiger partial charge on any atom is -0.465 e. The summed E-state index contributed by atoms with van der Waals surface area (Å²) in [5.74, 6) is 2.50. The molecule has 5 aliphatic carbocycles. The van der Waals surface area contributed by atoms with E-state index in [1.165, 1.54) is 12.8 Å². The van der Waals surface area contributed by atoms with Gasteiger partial charge in [0.05, 0.1) is 12.0 Å². The number of carbonyl (C=O) groups is 2. The Morgan fingerprint density at radius 1 is 0.923 bits per heavy atom. The lowest BCUT2D eigenvalue weighted by atomic mass is 9.33. The van der Waals surface area contributed by atoms with Gasteiger partial charge in [0.2, 0.25) is 0 Å². The summed E-state index contributed by atoms with van der Waals surface area (Å²) in [5, 5.41) is 0. The smallest absolute Gasteiger partial charge is 0.312 e. The van der Waals surface area contributed by atoms with Gasteiger partial charge in [-0.2, -0.15) is 0 Å². The molecule has 4 fully saturated rings. The van der Waals surface area contributed by atoms with Gasteiger partial charge < -0.3 is 9.47 Å². The second kappa shape index (κ2) is 9.62. The minimum atomic E-state index is -0.346. The SMILES string of the molecule is CCCOC(=O)[C@]12CC[C@@H](C)[C@H](C)[C@H]1C1=CC[C@@H]3[C@@]4(C)CC[C@H](OC(C)=O)C(C)(C)[C@@H]4CC[C@@]3(C)[C@]1(C)CC2. The van der Waals surface area contributed by atoms with Crippen molar-refractivity contribution < 1.29 is 19.1 Å². The molecule has 0 aliphatic heterocycles. The normalized spacial score (nSPS) is 48.4. The highest BCUT2D eigenvalue weighted by Gasteiger charge is 2.69. The fourth-order valence-electron chi connectivity index (χ4n) is 11.6. The third kappa shape index (κ3) is 3.95. The number of esters is 2. The summed E-state index contributed by atoms with van der Waals surface area (Å²) in [5.41, 5.74) is 1.76. The number of fused-ring (bicyclic) bond motifs is 7. The molecule has 0 unspecified atom stereocenters. The van der Waals surface area contributed by atoms with Crippen LogP contribution >= 0.6 is 0 Å². The fourth-order valence-corrected chi connectivity index (χ4v) is 11.6. The van der Waals surface area contributed by atoms with Crippen molar-refractivity contribution in [2.24, 2.45) is 56.7 Å². The Bertz CT molecular complexity index is 1030. The molecule has 4 saturated carbocycles. The molecule has 4 heteroatoms. The summed E-state index contributed by atoms with van der Waals surface area (Å²) in [7, 11) is 0. The van der Waals surface area contributed by atoms with E-state index in [4.69, 9.17) is 9.47 Å². The van der Waals surface area contributed by atoms with Gasteiger partial charge in [-0.1, -0.05) is 67.0 Å². The Hall–Kier alpha value is -1.32. The first-order valence-electron chi connectivity index (χ1n) is 16.2. The van der Waals surface area contributed by atoms with Gasteiger partial charge in [-0.15, -0.1) is 0 Å². The van der Waals surface area contributed by atoms with Crippen LogP contribution in [-0.2, 0) is 19.1 Å². The van der Waals surface area contributed by atoms with Gasteiger partial charge in [0.15, 0.2) is 0 Å². The van der Waals surface area contributed by atoms with E-state index in [2.05, 4.69) is 61.5 Å². The van der Waals surface area contributed by atoms with Crippen molar-refractivity contribution in [2.75, 3.05) is 6.61 Å². The van der Waals surface area contributed by atoms with Gasteiger partial charge in [0.25, 0.3) is 0 Å². The molecule has 0 saturated heterocycles. The van der Waals surface area contributed by atoms with E-state index in [0.29, 0.717) is 36.2 Å². The Balaban J connectivity index is 1.54. The van der Waals surface area contributed by atoms with Crippen LogP contribution in [0.2, 0.25) is 0 Å². The molecule has 39 heavy (non-hydrogen) atoms. The van der Waals surface area contributed by atoms with Gasteiger partial charge >= 0.3 is 11.9 Å². The van der Waals surface area contributed by atoms with E-state index in [0.717, 1.165) is 51.4 Å². The molecule has 0 bridgehead atoms.